The number of rotatable bonds is 5. The third-order valence-corrected chi connectivity index (χ3v) is 4.82. The van der Waals surface area contributed by atoms with Crippen LogP contribution in [-0.4, -0.2) is 26.3 Å². The maximum atomic E-state index is 11.8. The van der Waals surface area contributed by atoms with Crippen LogP contribution in [0.3, 0.4) is 0 Å². The predicted molar refractivity (Wildman–Crippen MR) is 85.3 cm³/mol. The zero-order valence-corrected chi connectivity index (χ0v) is 13.1. The van der Waals surface area contributed by atoms with Crippen LogP contribution in [0.25, 0.3) is 0 Å². The van der Waals surface area contributed by atoms with Crippen molar-refractivity contribution in [3.05, 3.63) is 54.6 Å². The smallest absolute Gasteiger partial charge is 0.234 e. The number of carbonyl (C=O) groups is 1. The summed E-state index contributed by atoms with van der Waals surface area (Å²) in [5.74, 6) is 0.175. The molecule has 110 valence electrons. The fourth-order valence-corrected chi connectivity index (χ4v) is 3.00. The first-order chi connectivity index (χ1) is 9.95. The first-order valence-corrected chi connectivity index (χ1v) is 9.11. The molecule has 0 bridgehead atoms. The zero-order chi connectivity index (χ0) is 15.3. The number of anilines is 1. The van der Waals surface area contributed by atoms with Gasteiger partial charge in [0.05, 0.1) is 10.6 Å². The number of sulfone groups is 1. The van der Waals surface area contributed by atoms with E-state index in [2.05, 4.69) is 5.32 Å². The van der Waals surface area contributed by atoms with Crippen LogP contribution in [-0.2, 0) is 14.6 Å². The molecular weight excluding hydrogens is 306 g/mol. The lowest BCUT2D eigenvalue weighted by molar-refractivity contribution is -0.113. The third kappa shape index (κ3) is 4.91. The molecule has 0 heterocycles. The molecule has 2 aromatic rings. The summed E-state index contributed by atoms with van der Waals surface area (Å²) in [7, 11) is -3.21. The summed E-state index contributed by atoms with van der Waals surface area (Å²) >= 11 is 1.45. The fourth-order valence-electron chi connectivity index (χ4n) is 1.65. The van der Waals surface area contributed by atoms with E-state index in [0.29, 0.717) is 11.4 Å². The summed E-state index contributed by atoms with van der Waals surface area (Å²) in [4.78, 5) is 13.1. The van der Waals surface area contributed by atoms with Gasteiger partial charge in [-0.25, -0.2) is 8.42 Å². The van der Waals surface area contributed by atoms with E-state index in [4.69, 9.17) is 0 Å². The van der Waals surface area contributed by atoms with Gasteiger partial charge in [-0.05, 0) is 36.4 Å². The van der Waals surface area contributed by atoms with E-state index >= 15 is 0 Å². The Balaban J connectivity index is 1.91. The van der Waals surface area contributed by atoms with Crippen molar-refractivity contribution in [1.29, 1.82) is 0 Å². The lowest BCUT2D eigenvalue weighted by atomic mass is 10.3. The van der Waals surface area contributed by atoms with E-state index in [-0.39, 0.29) is 10.8 Å². The van der Waals surface area contributed by atoms with E-state index in [9.17, 15) is 13.2 Å². The van der Waals surface area contributed by atoms with E-state index in [1.165, 1.54) is 23.9 Å². The van der Waals surface area contributed by atoms with Gasteiger partial charge >= 0.3 is 0 Å². The highest BCUT2D eigenvalue weighted by molar-refractivity contribution is 8.00. The van der Waals surface area contributed by atoms with Crippen LogP contribution in [0.15, 0.2) is 64.4 Å². The zero-order valence-electron chi connectivity index (χ0n) is 11.4. The second-order valence-corrected chi connectivity index (χ2v) is 7.51. The van der Waals surface area contributed by atoms with Crippen LogP contribution in [0.2, 0.25) is 0 Å². The standard InChI is InChI=1S/C15H15NO3S2/c1-21(18,19)14-9-7-12(8-10-14)16-15(17)11-20-13-5-3-2-4-6-13/h2-10H,11H2,1H3,(H,16,17). The van der Waals surface area contributed by atoms with E-state index in [1.54, 1.807) is 12.1 Å². The molecule has 0 aromatic heterocycles. The Hall–Kier alpha value is -1.79. The summed E-state index contributed by atoms with van der Waals surface area (Å²) in [5, 5.41) is 2.74. The summed E-state index contributed by atoms with van der Waals surface area (Å²) in [5.41, 5.74) is 0.584. The molecule has 0 radical (unpaired) electrons. The van der Waals surface area contributed by atoms with Crippen molar-refractivity contribution in [2.45, 2.75) is 9.79 Å². The van der Waals surface area contributed by atoms with Crippen molar-refractivity contribution >= 4 is 33.2 Å². The topological polar surface area (TPSA) is 63.2 Å². The van der Waals surface area contributed by atoms with Gasteiger partial charge in [-0.3, -0.25) is 4.79 Å². The Kier molecular flexibility index (Phi) is 5.03. The highest BCUT2D eigenvalue weighted by Crippen LogP contribution is 2.18. The minimum absolute atomic E-state index is 0.129. The second-order valence-electron chi connectivity index (χ2n) is 4.45. The van der Waals surface area contributed by atoms with Gasteiger partial charge in [-0.1, -0.05) is 18.2 Å². The highest BCUT2D eigenvalue weighted by Gasteiger charge is 2.07. The molecule has 1 amide bonds. The largest absolute Gasteiger partial charge is 0.325 e. The van der Waals surface area contributed by atoms with Gasteiger partial charge in [0.25, 0.3) is 0 Å². The van der Waals surface area contributed by atoms with Gasteiger partial charge in [0.1, 0.15) is 0 Å². The average molecular weight is 321 g/mol. The van der Waals surface area contributed by atoms with Crippen molar-refractivity contribution in [3.63, 3.8) is 0 Å². The number of benzene rings is 2. The number of thioether (sulfide) groups is 1. The molecule has 0 unspecified atom stereocenters. The number of amides is 1. The Morgan fingerprint density at radius 3 is 2.24 bits per heavy atom. The SMILES string of the molecule is CS(=O)(=O)c1ccc(NC(=O)CSc2ccccc2)cc1. The summed E-state index contributed by atoms with van der Waals surface area (Å²) < 4.78 is 22.7. The predicted octanol–water partition coefficient (Wildman–Crippen LogP) is 2.82. The highest BCUT2D eigenvalue weighted by atomic mass is 32.2. The van der Waals surface area contributed by atoms with Crippen LogP contribution in [0.5, 0.6) is 0 Å². The van der Waals surface area contributed by atoms with Gasteiger partial charge in [0.15, 0.2) is 9.84 Å². The molecule has 0 saturated heterocycles. The van der Waals surface area contributed by atoms with E-state index in [0.717, 1.165) is 11.2 Å². The van der Waals surface area contributed by atoms with Crippen LogP contribution in [0.4, 0.5) is 5.69 Å². The van der Waals surface area contributed by atoms with Crippen molar-refractivity contribution in [1.82, 2.24) is 0 Å². The Bertz CT molecular complexity index is 710. The van der Waals surface area contributed by atoms with Gasteiger partial charge < -0.3 is 5.32 Å². The van der Waals surface area contributed by atoms with Crippen molar-refractivity contribution in [2.75, 3.05) is 17.3 Å². The molecule has 6 heteroatoms. The Morgan fingerprint density at radius 2 is 1.67 bits per heavy atom. The first-order valence-electron chi connectivity index (χ1n) is 6.23. The second kappa shape index (κ2) is 6.78. The normalized spacial score (nSPS) is 11.1. The minimum Gasteiger partial charge on any atom is -0.325 e. The molecule has 0 atom stereocenters. The quantitative estimate of drug-likeness (QED) is 0.860. The van der Waals surface area contributed by atoms with E-state index < -0.39 is 9.84 Å². The van der Waals surface area contributed by atoms with Crippen LogP contribution in [0, 0.1) is 0 Å². The molecular formula is C15H15NO3S2. The molecule has 1 N–H and O–H groups in total. The van der Waals surface area contributed by atoms with Crippen molar-refractivity contribution < 1.29 is 13.2 Å². The minimum atomic E-state index is -3.21. The van der Waals surface area contributed by atoms with Gasteiger partial charge in [-0.15, -0.1) is 11.8 Å². The lowest BCUT2D eigenvalue weighted by Crippen LogP contribution is -2.14. The molecule has 0 aliphatic carbocycles. The van der Waals surface area contributed by atoms with Gasteiger partial charge in [0.2, 0.25) is 5.91 Å². The Labute approximate surface area is 128 Å². The summed E-state index contributed by atoms with van der Waals surface area (Å²) in [6.07, 6.45) is 1.15. The molecule has 21 heavy (non-hydrogen) atoms. The molecule has 0 aliphatic rings. The molecule has 0 spiro atoms. The van der Waals surface area contributed by atoms with Gasteiger partial charge in [-0.2, -0.15) is 0 Å². The van der Waals surface area contributed by atoms with Crippen molar-refractivity contribution in [2.24, 2.45) is 0 Å². The maximum absolute atomic E-state index is 11.8. The average Bonchev–Trinajstić information content (AvgIpc) is 2.46. The molecule has 0 aliphatic heterocycles. The van der Waals surface area contributed by atoms with Crippen molar-refractivity contribution in [3.8, 4) is 0 Å². The van der Waals surface area contributed by atoms with Crippen LogP contribution < -0.4 is 5.32 Å². The van der Waals surface area contributed by atoms with Crippen LogP contribution in [0.1, 0.15) is 0 Å². The number of nitrogens with one attached hydrogen (secondary N) is 1. The monoisotopic (exact) mass is 321 g/mol. The first kappa shape index (κ1) is 15.6. The summed E-state index contributed by atoms with van der Waals surface area (Å²) in [6.45, 7) is 0. The van der Waals surface area contributed by atoms with Crippen LogP contribution >= 0.6 is 11.8 Å². The third-order valence-electron chi connectivity index (χ3n) is 2.68. The molecule has 2 aromatic carbocycles. The number of hydrogen-bond donors (Lipinski definition) is 1. The summed E-state index contributed by atoms with van der Waals surface area (Å²) in [6, 6.07) is 15.8. The molecule has 2 rings (SSSR count). The Morgan fingerprint density at radius 1 is 1.05 bits per heavy atom. The number of carbonyl (C=O) groups excluding carboxylic acids is 1. The lowest BCUT2D eigenvalue weighted by Gasteiger charge is -2.06. The maximum Gasteiger partial charge on any atom is 0.234 e. The fraction of sp³-hybridized carbons (Fsp3) is 0.133. The number of hydrogen-bond acceptors (Lipinski definition) is 4. The van der Waals surface area contributed by atoms with E-state index in [1.807, 2.05) is 30.3 Å². The molecule has 4 nitrogen and oxygen atoms in total. The molecule has 0 fully saturated rings. The molecule has 0 saturated carbocycles. The van der Waals surface area contributed by atoms with Gasteiger partial charge in [0, 0.05) is 16.8 Å².